The van der Waals surface area contributed by atoms with E-state index >= 15 is 0 Å². The third-order valence-electron chi connectivity index (χ3n) is 2.63. The summed E-state index contributed by atoms with van der Waals surface area (Å²) in [5.41, 5.74) is 1.16. The first-order valence-corrected chi connectivity index (χ1v) is 6.07. The van der Waals surface area contributed by atoms with Gasteiger partial charge < -0.3 is 5.11 Å². The van der Waals surface area contributed by atoms with E-state index < -0.39 is 4.92 Å². The van der Waals surface area contributed by atoms with Gasteiger partial charge in [-0.1, -0.05) is 30.3 Å². The fourth-order valence-corrected chi connectivity index (χ4v) is 2.11. The van der Waals surface area contributed by atoms with Crippen LogP contribution in [-0.4, -0.2) is 10.0 Å². The monoisotopic (exact) mass is 307 g/mol. The van der Waals surface area contributed by atoms with Crippen molar-refractivity contribution in [2.75, 3.05) is 0 Å². The number of rotatable bonds is 3. The van der Waals surface area contributed by atoms with Gasteiger partial charge in [-0.25, -0.2) is 0 Å². The first kappa shape index (κ1) is 12.6. The number of hydrogen-bond acceptors (Lipinski definition) is 3. The Kier molecular flexibility index (Phi) is 3.62. The highest BCUT2D eigenvalue weighted by atomic mass is 79.9. The molecule has 0 aliphatic heterocycles. The van der Waals surface area contributed by atoms with E-state index in [9.17, 15) is 15.2 Å². The van der Waals surface area contributed by atoms with Crippen molar-refractivity contribution in [3.05, 3.63) is 68.2 Å². The Labute approximate surface area is 112 Å². The molecule has 0 saturated carbocycles. The molecule has 0 unspecified atom stereocenters. The van der Waals surface area contributed by atoms with E-state index in [1.165, 1.54) is 12.1 Å². The van der Waals surface area contributed by atoms with Gasteiger partial charge in [-0.05, 0) is 27.6 Å². The Balaban J connectivity index is 2.48. The highest BCUT2D eigenvalue weighted by molar-refractivity contribution is 9.10. The van der Waals surface area contributed by atoms with E-state index in [0.29, 0.717) is 16.5 Å². The predicted molar refractivity (Wildman–Crippen MR) is 71.7 cm³/mol. The molecule has 2 aromatic carbocycles. The van der Waals surface area contributed by atoms with Gasteiger partial charge in [0.25, 0.3) is 5.69 Å². The second kappa shape index (κ2) is 5.18. The molecule has 0 aliphatic rings. The topological polar surface area (TPSA) is 63.4 Å². The van der Waals surface area contributed by atoms with E-state index in [1.54, 1.807) is 0 Å². The van der Waals surface area contributed by atoms with E-state index in [0.717, 1.165) is 5.56 Å². The fraction of sp³-hybridized carbons (Fsp3) is 0.0769. The lowest BCUT2D eigenvalue weighted by Crippen LogP contribution is -1.97. The van der Waals surface area contributed by atoms with E-state index in [4.69, 9.17) is 0 Å². The van der Waals surface area contributed by atoms with Gasteiger partial charge >= 0.3 is 0 Å². The Morgan fingerprint density at radius 1 is 1.17 bits per heavy atom. The molecule has 0 spiro atoms. The Morgan fingerprint density at radius 3 is 2.44 bits per heavy atom. The average molecular weight is 308 g/mol. The summed E-state index contributed by atoms with van der Waals surface area (Å²) in [5.74, 6) is -0.0759. The third kappa shape index (κ3) is 2.51. The van der Waals surface area contributed by atoms with Crippen LogP contribution < -0.4 is 0 Å². The third-order valence-corrected chi connectivity index (χ3v) is 3.27. The molecule has 0 bridgehead atoms. The van der Waals surface area contributed by atoms with Gasteiger partial charge in [0.15, 0.2) is 0 Å². The zero-order chi connectivity index (χ0) is 13.1. The van der Waals surface area contributed by atoms with Crippen LogP contribution in [0.25, 0.3) is 0 Å². The molecule has 0 aliphatic carbocycles. The van der Waals surface area contributed by atoms with Gasteiger partial charge in [0, 0.05) is 12.5 Å². The molecule has 0 heterocycles. The van der Waals surface area contributed by atoms with Gasteiger partial charge in [-0.3, -0.25) is 10.1 Å². The summed E-state index contributed by atoms with van der Waals surface area (Å²) in [4.78, 5) is 10.5. The molecule has 0 amide bonds. The standard InChI is InChI=1S/C13H10BrNO3/c14-11-6-7-12(15(17)18)10(13(11)16)8-9-4-2-1-3-5-9/h1-7,16H,8H2. The number of hydrogen-bond donors (Lipinski definition) is 1. The summed E-state index contributed by atoms with van der Waals surface area (Å²) >= 11 is 3.17. The van der Waals surface area contributed by atoms with Crippen molar-refractivity contribution in [2.45, 2.75) is 6.42 Å². The molecule has 5 heteroatoms. The van der Waals surface area contributed by atoms with Crippen LogP contribution >= 0.6 is 15.9 Å². The molecule has 0 fully saturated rings. The molecule has 4 nitrogen and oxygen atoms in total. The molecule has 0 atom stereocenters. The molecule has 0 aromatic heterocycles. The van der Waals surface area contributed by atoms with Gasteiger partial charge in [-0.15, -0.1) is 0 Å². The summed E-state index contributed by atoms with van der Waals surface area (Å²) in [7, 11) is 0. The van der Waals surface area contributed by atoms with Crippen molar-refractivity contribution in [3.8, 4) is 5.75 Å². The number of halogens is 1. The predicted octanol–water partition coefficient (Wildman–Crippen LogP) is 3.65. The molecule has 92 valence electrons. The summed E-state index contributed by atoms with van der Waals surface area (Å²) in [6.07, 6.45) is 0.322. The Morgan fingerprint density at radius 2 is 1.83 bits per heavy atom. The molecular weight excluding hydrogens is 298 g/mol. The maximum Gasteiger partial charge on any atom is 0.276 e. The number of nitrogens with zero attached hydrogens (tertiary/aromatic N) is 1. The lowest BCUT2D eigenvalue weighted by atomic mass is 10.0. The lowest BCUT2D eigenvalue weighted by molar-refractivity contribution is -0.385. The lowest BCUT2D eigenvalue weighted by Gasteiger charge is -2.07. The fourth-order valence-electron chi connectivity index (χ4n) is 1.74. The second-order valence-corrected chi connectivity index (χ2v) is 4.67. The largest absolute Gasteiger partial charge is 0.506 e. The van der Waals surface area contributed by atoms with Crippen LogP contribution in [0, 0.1) is 10.1 Å². The number of nitro benzene ring substituents is 1. The average Bonchev–Trinajstić information content (AvgIpc) is 2.36. The van der Waals surface area contributed by atoms with E-state index in [-0.39, 0.29) is 11.4 Å². The number of phenols is 1. The maximum absolute atomic E-state index is 11.0. The summed E-state index contributed by atoms with van der Waals surface area (Å²) in [5, 5.41) is 20.9. The van der Waals surface area contributed by atoms with Crippen LogP contribution in [-0.2, 0) is 6.42 Å². The van der Waals surface area contributed by atoms with Crippen LogP contribution in [0.3, 0.4) is 0 Å². The van der Waals surface area contributed by atoms with E-state index in [1.807, 2.05) is 30.3 Å². The van der Waals surface area contributed by atoms with E-state index in [2.05, 4.69) is 15.9 Å². The summed E-state index contributed by atoms with van der Waals surface area (Å²) in [6, 6.07) is 12.2. The molecule has 2 rings (SSSR count). The van der Waals surface area contributed by atoms with Crippen LogP contribution in [0.2, 0.25) is 0 Å². The van der Waals surface area contributed by atoms with Crippen molar-refractivity contribution in [1.29, 1.82) is 0 Å². The molecule has 0 saturated heterocycles. The minimum Gasteiger partial charge on any atom is -0.506 e. The maximum atomic E-state index is 11.0. The van der Waals surface area contributed by atoms with Crippen molar-refractivity contribution in [3.63, 3.8) is 0 Å². The second-order valence-electron chi connectivity index (χ2n) is 3.81. The zero-order valence-corrected chi connectivity index (χ0v) is 10.9. The molecule has 18 heavy (non-hydrogen) atoms. The number of nitro groups is 1. The van der Waals surface area contributed by atoms with Crippen molar-refractivity contribution in [2.24, 2.45) is 0 Å². The zero-order valence-electron chi connectivity index (χ0n) is 9.34. The molecule has 1 N–H and O–H groups in total. The minimum absolute atomic E-state index is 0.0699. The summed E-state index contributed by atoms with van der Waals surface area (Å²) < 4.78 is 0.457. The SMILES string of the molecule is O=[N+]([O-])c1ccc(Br)c(O)c1Cc1ccccc1. The van der Waals surface area contributed by atoms with Crippen LogP contribution in [0.4, 0.5) is 5.69 Å². The first-order valence-electron chi connectivity index (χ1n) is 5.28. The summed E-state index contributed by atoms with van der Waals surface area (Å²) in [6.45, 7) is 0. The first-order chi connectivity index (χ1) is 8.59. The highest BCUT2D eigenvalue weighted by Gasteiger charge is 2.19. The van der Waals surface area contributed by atoms with Gasteiger partial charge in [0.1, 0.15) is 5.75 Å². The van der Waals surface area contributed by atoms with Crippen molar-refractivity contribution in [1.82, 2.24) is 0 Å². The van der Waals surface area contributed by atoms with Gasteiger partial charge in [-0.2, -0.15) is 0 Å². The molecule has 2 aromatic rings. The van der Waals surface area contributed by atoms with Gasteiger partial charge in [0.2, 0.25) is 0 Å². The smallest absolute Gasteiger partial charge is 0.276 e. The van der Waals surface area contributed by atoms with Crippen LogP contribution in [0.15, 0.2) is 46.9 Å². The van der Waals surface area contributed by atoms with Crippen LogP contribution in [0.1, 0.15) is 11.1 Å². The van der Waals surface area contributed by atoms with Crippen molar-refractivity contribution >= 4 is 21.6 Å². The van der Waals surface area contributed by atoms with Crippen molar-refractivity contribution < 1.29 is 10.0 Å². The normalized spacial score (nSPS) is 10.3. The Bertz CT molecular complexity index is 584. The highest BCUT2D eigenvalue weighted by Crippen LogP contribution is 2.35. The van der Waals surface area contributed by atoms with Crippen LogP contribution in [0.5, 0.6) is 5.75 Å². The molecule has 0 radical (unpaired) electrons. The number of phenolic OH excluding ortho intramolecular Hbond substituents is 1. The van der Waals surface area contributed by atoms with Gasteiger partial charge in [0.05, 0.1) is 15.0 Å². The number of aromatic hydroxyl groups is 1. The Hall–Kier alpha value is -1.88. The molecular formula is C13H10BrNO3. The minimum atomic E-state index is -0.482. The number of benzene rings is 2. The quantitative estimate of drug-likeness (QED) is 0.695.